The second-order valence-electron chi connectivity index (χ2n) is 4.57. The van der Waals surface area contributed by atoms with Crippen LogP contribution in [-0.2, 0) is 16.0 Å². The molecule has 1 heterocycles. The summed E-state index contributed by atoms with van der Waals surface area (Å²) in [5.41, 5.74) is 1.74. The van der Waals surface area contributed by atoms with Crippen LogP contribution in [0.15, 0.2) is 36.4 Å². The Morgan fingerprint density at radius 3 is 2.24 bits per heavy atom. The van der Waals surface area contributed by atoms with Crippen LogP contribution >= 0.6 is 0 Å². The largest absolute Gasteiger partial charge is 0.269 e. The molecule has 0 atom stereocenters. The highest BCUT2D eigenvalue weighted by Crippen LogP contribution is 2.25. The minimum atomic E-state index is -0.258. The molecular weight excluding hydrogens is 214 g/mol. The monoisotopic (exact) mass is 229 g/mol. The highest BCUT2D eigenvalue weighted by molar-refractivity contribution is 6.28. The summed E-state index contributed by atoms with van der Waals surface area (Å²) < 4.78 is 0. The van der Waals surface area contributed by atoms with Crippen molar-refractivity contribution in [1.82, 2.24) is 0 Å². The zero-order chi connectivity index (χ0) is 12.4. The SMILES string of the molecule is CC(C)Cc1ccccc1N1C(=O)C=CC1=O. The Hall–Kier alpha value is -1.90. The van der Waals surface area contributed by atoms with Gasteiger partial charge in [-0.3, -0.25) is 9.59 Å². The maximum atomic E-state index is 11.6. The van der Waals surface area contributed by atoms with E-state index in [0.29, 0.717) is 11.6 Å². The van der Waals surface area contributed by atoms with Crippen molar-refractivity contribution in [3.05, 3.63) is 42.0 Å². The molecule has 0 radical (unpaired) electrons. The first-order chi connectivity index (χ1) is 8.09. The van der Waals surface area contributed by atoms with Crippen LogP contribution in [0.25, 0.3) is 0 Å². The van der Waals surface area contributed by atoms with Gasteiger partial charge in [0, 0.05) is 12.2 Å². The van der Waals surface area contributed by atoms with E-state index in [1.165, 1.54) is 17.1 Å². The molecule has 0 saturated heterocycles. The zero-order valence-corrected chi connectivity index (χ0v) is 10.0. The van der Waals surface area contributed by atoms with Gasteiger partial charge in [-0.05, 0) is 24.0 Å². The smallest absolute Gasteiger partial charge is 0.258 e. The number of benzene rings is 1. The van der Waals surface area contributed by atoms with E-state index in [-0.39, 0.29) is 11.8 Å². The Labute approximate surface area is 101 Å². The number of carbonyl (C=O) groups is 2. The summed E-state index contributed by atoms with van der Waals surface area (Å²) in [5.74, 6) is -0.0330. The van der Waals surface area contributed by atoms with Crippen molar-refractivity contribution in [3.63, 3.8) is 0 Å². The number of imide groups is 1. The van der Waals surface area contributed by atoms with Gasteiger partial charge in [0.15, 0.2) is 0 Å². The summed E-state index contributed by atoms with van der Waals surface area (Å²) in [4.78, 5) is 24.5. The Balaban J connectivity index is 2.38. The number of hydrogen-bond acceptors (Lipinski definition) is 2. The van der Waals surface area contributed by atoms with E-state index in [1.807, 2.05) is 24.3 Å². The second kappa shape index (κ2) is 4.53. The van der Waals surface area contributed by atoms with E-state index in [2.05, 4.69) is 13.8 Å². The quantitative estimate of drug-likeness (QED) is 0.746. The third kappa shape index (κ3) is 2.28. The number of amides is 2. The summed E-state index contributed by atoms with van der Waals surface area (Å²) in [6.07, 6.45) is 3.48. The molecule has 0 saturated carbocycles. The molecule has 2 amide bonds. The van der Waals surface area contributed by atoms with Crippen molar-refractivity contribution < 1.29 is 9.59 Å². The van der Waals surface area contributed by atoms with Gasteiger partial charge in [-0.25, -0.2) is 4.90 Å². The molecule has 1 aliphatic heterocycles. The maximum absolute atomic E-state index is 11.6. The summed E-state index contributed by atoms with van der Waals surface area (Å²) in [7, 11) is 0. The van der Waals surface area contributed by atoms with Gasteiger partial charge in [0.05, 0.1) is 5.69 Å². The Kier molecular flexibility index (Phi) is 3.09. The van der Waals surface area contributed by atoms with E-state index in [1.54, 1.807) is 0 Å². The van der Waals surface area contributed by atoms with Gasteiger partial charge >= 0.3 is 0 Å². The van der Waals surface area contributed by atoms with Crippen molar-refractivity contribution in [2.24, 2.45) is 5.92 Å². The van der Waals surface area contributed by atoms with Crippen molar-refractivity contribution in [2.45, 2.75) is 20.3 Å². The molecule has 3 heteroatoms. The third-order valence-electron chi connectivity index (χ3n) is 2.67. The lowest BCUT2D eigenvalue weighted by molar-refractivity contribution is -0.119. The van der Waals surface area contributed by atoms with Crippen LogP contribution in [0.3, 0.4) is 0 Å². The van der Waals surface area contributed by atoms with Gasteiger partial charge < -0.3 is 0 Å². The molecule has 17 heavy (non-hydrogen) atoms. The van der Waals surface area contributed by atoms with Gasteiger partial charge in [-0.15, -0.1) is 0 Å². The predicted molar refractivity (Wildman–Crippen MR) is 66.6 cm³/mol. The van der Waals surface area contributed by atoms with Crippen molar-refractivity contribution in [1.29, 1.82) is 0 Å². The predicted octanol–water partition coefficient (Wildman–Crippen LogP) is 2.31. The molecule has 0 aromatic heterocycles. The molecule has 1 aromatic carbocycles. The normalized spacial score (nSPS) is 15.1. The standard InChI is InChI=1S/C14H15NO2/c1-10(2)9-11-5-3-4-6-12(11)15-13(16)7-8-14(15)17/h3-8,10H,9H2,1-2H3. The molecule has 2 rings (SSSR count). The van der Waals surface area contributed by atoms with Gasteiger partial charge in [-0.2, -0.15) is 0 Å². The number of nitrogens with zero attached hydrogens (tertiary/aromatic N) is 1. The van der Waals surface area contributed by atoms with Crippen molar-refractivity contribution in [3.8, 4) is 0 Å². The Bertz CT molecular complexity index is 471. The molecular formula is C14H15NO2. The topological polar surface area (TPSA) is 37.4 Å². The Morgan fingerprint density at radius 2 is 1.65 bits per heavy atom. The van der Waals surface area contributed by atoms with Crippen LogP contribution in [0.1, 0.15) is 19.4 Å². The number of rotatable bonds is 3. The molecule has 88 valence electrons. The average Bonchev–Trinajstić information content (AvgIpc) is 2.59. The Morgan fingerprint density at radius 1 is 1.06 bits per heavy atom. The minimum absolute atomic E-state index is 0.258. The molecule has 1 aromatic rings. The van der Waals surface area contributed by atoms with Crippen molar-refractivity contribution in [2.75, 3.05) is 4.90 Å². The maximum Gasteiger partial charge on any atom is 0.258 e. The molecule has 1 aliphatic rings. The molecule has 0 N–H and O–H groups in total. The highest BCUT2D eigenvalue weighted by Gasteiger charge is 2.26. The summed E-state index contributed by atoms with van der Waals surface area (Å²) in [6, 6.07) is 7.56. The summed E-state index contributed by atoms with van der Waals surface area (Å²) in [6.45, 7) is 4.23. The number of para-hydroxylation sites is 1. The molecule has 0 bridgehead atoms. The third-order valence-corrected chi connectivity index (χ3v) is 2.67. The molecule has 0 unspecified atom stereocenters. The highest BCUT2D eigenvalue weighted by atomic mass is 16.2. The van der Waals surface area contributed by atoms with Crippen LogP contribution < -0.4 is 4.90 Å². The summed E-state index contributed by atoms with van der Waals surface area (Å²) >= 11 is 0. The first-order valence-electron chi connectivity index (χ1n) is 5.73. The van der Waals surface area contributed by atoms with E-state index in [0.717, 1.165) is 12.0 Å². The minimum Gasteiger partial charge on any atom is -0.269 e. The van der Waals surface area contributed by atoms with Crippen LogP contribution in [0, 0.1) is 5.92 Å². The van der Waals surface area contributed by atoms with Crippen LogP contribution in [-0.4, -0.2) is 11.8 Å². The second-order valence-corrected chi connectivity index (χ2v) is 4.57. The molecule has 0 fully saturated rings. The van der Waals surface area contributed by atoms with Gasteiger partial charge in [-0.1, -0.05) is 32.0 Å². The van der Waals surface area contributed by atoms with Crippen LogP contribution in [0.4, 0.5) is 5.69 Å². The molecule has 3 nitrogen and oxygen atoms in total. The number of carbonyl (C=O) groups excluding carboxylic acids is 2. The van der Waals surface area contributed by atoms with Gasteiger partial charge in [0.25, 0.3) is 11.8 Å². The molecule has 0 spiro atoms. The fourth-order valence-corrected chi connectivity index (χ4v) is 1.98. The van der Waals surface area contributed by atoms with E-state index in [4.69, 9.17) is 0 Å². The zero-order valence-electron chi connectivity index (χ0n) is 10.0. The number of anilines is 1. The van der Waals surface area contributed by atoms with Crippen LogP contribution in [0.2, 0.25) is 0 Å². The first-order valence-corrected chi connectivity index (χ1v) is 5.73. The lowest BCUT2D eigenvalue weighted by Crippen LogP contribution is -2.30. The van der Waals surface area contributed by atoms with Gasteiger partial charge in [0.2, 0.25) is 0 Å². The molecule has 0 aliphatic carbocycles. The lowest BCUT2D eigenvalue weighted by Gasteiger charge is -2.18. The van der Waals surface area contributed by atoms with Gasteiger partial charge in [0.1, 0.15) is 0 Å². The van der Waals surface area contributed by atoms with Crippen LogP contribution in [0.5, 0.6) is 0 Å². The van der Waals surface area contributed by atoms with Crippen molar-refractivity contribution >= 4 is 17.5 Å². The lowest BCUT2D eigenvalue weighted by atomic mass is 10.0. The average molecular weight is 229 g/mol. The van der Waals surface area contributed by atoms with E-state index < -0.39 is 0 Å². The summed E-state index contributed by atoms with van der Waals surface area (Å²) in [5, 5.41) is 0. The fourth-order valence-electron chi connectivity index (χ4n) is 1.98. The number of hydrogen-bond donors (Lipinski definition) is 0. The first kappa shape index (κ1) is 11.6. The fraction of sp³-hybridized carbons (Fsp3) is 0.286. The van der Waals surface area contributed by atoms with E-state index >= 15 is 0 Å². The van der Waals surface area contributed by atoms with E-state index in [9.17, 15) is 9.59 Å².